The first-order valence-corrected chi connectivity index (χ1v) is 5.02. The zero-order valence-electron chi connectivity index (χ0n) is 8.59. The van der Waals surface area contributed by atoms with Gasteiger partial charge in [-0.3, -0.25) is 0 Å². The summed E-state index contributed by atoms with van der Waals surface area (Å²) in [4.78, 5) is 15.0. The number of hydrogen-bond donors (Lipinski definition) is 1. The Bertz CT molecular complexity index is 530. The van der Waals surface area contributed by atoms with E-state index in [9.17, 15) is 4.79 Å². The Balaban J connectivity index is 2.30. The van der Waals surface area contributed by atoms with Crippen LogP contribution >= 0.6 is 11.6 Å². The first-order chi connectivity index (χ1) is 7.59. The van der Waals surface area contributed by atoms with Crippen LogP contribution in [0.1, 0.15) is 16.3 Å². The summed E-state index contributed by atoms with van der Waals surface area (Å²) in [5.41, 5.74) is 0.235. The quantitative estimate of drug-likeness (QED) is 0.886. The van der Waals surface area contributed by atoms with Crippen LogP contribution in [-0.2, 0) is 13.6 Å². The van der Waals surface area contributed by atoms with Gasteiger partial charge >= 0.3 is 5.97 Å². The molecule has 16 heavy (non-hydrogen) atoms. The van der Waals surface area contributed by atoms with E-state index >= 15 is 0 Å². The molecule has 0 saturated carbocycles. The number of hydrogen-bond acceptors (Lipinski definition) is 2. The van der Waals surface area contributed by atoms with E-state index in [1.807, 2.05) is 0 Å². The predicted molar refractivity (Wildman–Crippen MR) is 58.7 cm³/mol. The van der Waals surface area contributed by atoms with Crippen molar-refractivity contribution >= 4 is 17.6 Å². The molecule has 2 aromatic heterocycles. The number of aromatic carboxylic acids is 1. The Kier molecular flexibility index (Phi) is 2.70. The second-order valence-corrected chi connectivity index (χ2v) is 3.77. The van der Waals surface area contributed by atoms with Gasteiger partial charge in [0.15, 0.2) is 0 Å². The Morgan fingerprint density at radius 1 is 1.62 bits per heavy atom. The van der Waals surface area contributed by atoms with Crippen LogP contribution in [0.25, 0.3) is 0 Å². The highest BCUT2D eigenvalue weighted by Crippen LogP contribution is 2.12. The van der Waals surface area contributed by atoms with E-state index in [1.54, 1.807) is 40.7 Å². The average molecular weight is 240 g/mol. The highest BCUT2D eigenvalue weighted by atomic mass is 35.5. The van der Waals surface area contributed by atoms with Crippen LogP contribution < -0.4 is 0 Å². The standard InChI is InChI=1S/C10H10ClN3O2/c1-13-8(11)5-12-9(13)6-14-4-2-3-7(14)10(15)16/h2-5H,6H2,1H3,(H,15,16). The number of aromatic nitrogens is 3. The molecule has 0 radical (unpaired) electrons. The Morgan fingerprint density at radius 2 is 2.38 bits per heavy atom. The largest absolute Gasteiger partial charge is 0.477 e. The molecule has 2 aromatic rings. The molecule has 5 nitrogen and oxygen atoms in total. The van der Waals surface area contributed by atoms with Gasteiger partial charge in [-0.25, -0.2) is 9.78 Å². The molecule has 2 heterocycles. The fourth-order valence-electron chi connectivity index (χ4n) is 1.47. The van der Waals surface area contributed by atoms with Gasteiger partial charge in [-0.15, -0.1) is 0 Å². The molecule has 0 spiro atoms. The van der Waals surface area contributed by atoms with Gasteiger partial charge in [-0.05, 0) is 12.1 Å². The van der Waals surface area contributed by atoms with Crippen molar-refractivity contribution in [2.45, 2.75) is 6.54 Å². The van der Waals surface area contributed by atoms with E-state index < -0.39 is 5.97 Å². The fourth-order valence-corrected chi connectivity index (χ4v) is 1.62. The summed E-state index contributed by atoms with van der Waals surface area (Å²) in [7, 11) is 1.79. The summed E-state index contributed by atoms with van der Waals surface area (Å²) in [6.45, 7) is 0.387. The van der Waals surface area contributed by atoms with Crippen LogP contribution in [0.2, 0.25) is 5.15 Å². The van der Waals surface area contributed by atoms with Crippen molar-refractivity contribution in [1.29, 1.82) is 0 Å². The third-order valence-corrected chi connectivity index (χ3v) is 2.74. The molecule has 0 aromatic carbocycles. The highest BCUT2D eigenvalue weighted by Gasteiger charge is 2.11. The molecule has 0 bridgehead atoms. The smallest absolute Gasteiger partial charge is 0.352 e. The lowest BCUT2D eigenvalue weighted by atomic mass is 10.4. The normalized spacial score (nSPS) is 10.6. The topological polar surface area (TPSA) is 60.0 Å². The molecular formula is C10H10ClN3O2. The summed E-state index contributed by atoms with van der Waals surface area (Å²) in [6, 6.07) is 3.24. The van der Waals surface area contributed by atoms with Gasteiger partial charge < -0.3 is 14.2 Å². The third kappa shape index (κ3) is 1.81. The van der Waals surface area contributed by atoms with Gasteiger partial charge in [0.1, 0.15) is 16.7 Å². The fraction of sp³-hybridized carbons (Fsp3) is 0.200. The summed E-state index contributed by atoms with van der Waals surface area (Å²) >= 11 is 5.85. The molecule has 0 aliphatic carbocycles. The number of carbonyl (C=O) groups is 1. The maximum absolute atomic E-state index is 10.9. The second-order valence-electron chi connectivity index (χ2n) is 3.38. The number of rotatable bonds is 3. The molecule has 6 heteroatoms. The molecule has 84 valence electrons. The van der Waals surface area contributed by atoms with E-state index in [2.05, 4.69) is 4.98 Å². The van der Waals surface area contributed by atoms with Crippen molar-refractivity contribution < 1.29 is 9.90 Å². The van der Waals surface area contributed by atoms with Crippen molar-refractivity contribution in [2.75, 3.05) is 0 Å². The summed E-state index contributed by atoms with van der Waals surface area (Å²) in [5, 5.41) is 9.46. The predicted octanol–water partition coefficient (Wildman–Crippen LogP) is 1.62. The van der Waals surface area contributed by atoms with Crippen LogP contribution in [-0.4, -0.2) is 25.2 Å². The van der Waals surface area contributed by atoms with Crippen LogP contribution in [0.4, 0.5) is 0 Å². The first-order valence-electron chi connectivity index (χ1n) is 4.64. The van der Waals surface area contributed by atoms with Crippen LogP contribution in [0, 0.1) is 0 Å². The van der Waals surface area contributed by atoms with Crippen molar-refractivity contribution in [1.82, 2.24) is 14.1 Å². The van der Waals surface area contributed by atoms with Gasteiger partial charge in [-0.1, -0.05) is 11.6 Å². The SMILES string of the molecule is Cn1c(Cl)cnc1Cn1cccc1C(=O)O. The maximum Gasteiger partial charge on any atom is 0.352 e. The zero-order chi connectivity index (χ0) is 11.7. The molecule has 0 aliphatic heterocycles. The van der Waals surface area contributed by atoms with Gasteiger partial charge in [0.2, 0.25) is 0 Å². The average Bonchev–Trinajstić information content (AvgIpc) is 2.80. The molecule has 1 N–H and O–H groups in total. The number of imidazole rings is 1. The maximum atomic E-state index is 10.9. The lowest BCUT2D eigenvalue weighted by molar-refractivity contribution is 0.0685. The van der Waals surface area contributed by atoms with Crippen LogP contribution in [0.15, 0.2) is 24.5 Å². The zero-order valence-corrected chi connectivity index (χ0v) is 9.35. The number of carboxylic acid groups (broad SMARTS) is 1. The lowest BCUT2D eigenvalue weighted by Gasteiger charge is -2.06. The van der Waals surface area contributed by atoms with E-state index in [0.717, 1.165) is 0 Å². The van der Waals surface area contributed by atoms with Crippen molar-refractivity contribution in [3.63, 3.8) is 0 Å². The summed E-state index contributed by atoms with van der Waals surface area (Å²) in [5.74, 6) is -0.242. The summed E-state index contributed by atoms with van der Waals surface area (Å²) < 4.78 is 3.33. The Hall–Kier alpha value is -1.75. The Morgan fingerprint density at radius 3 is 2.94 bits per heavy atom. The number of carboxylic acids is 1. The molecule has 0 saturated heterocycles. The van der Waals surface area contributed by atoms with Gasteiger partial charge in [0, 0.05) is 13.2 Å². The highest BCUT2D eigenvalue weighted by molar-refractivity contribution is 6.29. The number of nitrogens with zero attached hydrogens (tertiary/aromatic N) is 3. The first kappa shape index (κ1) is 10.8. The number of halogens is 1. The molecule has 2 rings (SSSR count). The molecule has 0 fully saturated rings. The molecule has 0 amide bonds. The molecular weight excluding hydrogens is 230 g/mol. The molecule has 0 unspecified atom stereocenters. The second kappa shape index (κ2) is 4.02. The van der Waals surface area contributed by atoms with Gasteiger partial charge in [-0.2, -0.15) is 0 Å². The van der Waals surface area contributed by atoms with E-state index in [1.165, 1.54) is 0 Å². The summed E-state index contributed by atoms with van der Waals surface area (Å²) in [6.07, 6.45) is 3.24. The minimum absolute atomic E-state index is 0.235. The van der Waals surface area contributed by atoms with E-state index in [-0.39, 0.29) is 5.69 Å². The minimum atomic E-state index is -0.953. The molecule has 0 atom stereocenters. The van der Waals surface area contributed by atoms with Crippen molar-refractivity contribution in [3.8, 4) is 0 Å². The molecule has 0 aliphatic rings. The van der Waals surface area contributed by atoms with Gasteiger partial charge in [0.05, 0.1) is 12.7 Å². The minimum Gasteiger partial charge on any atom is -0.477 e. The van der Waals surface area contributed by atoms with E-state index in [0.29, 0.717) is 17.5 Å². The van der Waals surface area contributed by atoms with E-state index in [4.69, 9.17) is 16.7 Å². The van der Waals surface area contributed by atoms with Crippen LogP contribution in [0.3, 0.4) is 0 Å². The van der Waals surface area contributed by atoms with Gasteiger partial charge in [0.25, 0.3) is 0 Å². The van der Waals surface area contributed by atoms with Crippen molar-refractivity contribution in [2.24, 2.45) is 7.05 Å². The monoisotopic (exact) mass is 239 g/mol. The lowest BCUT2D eigenvalue weighted by Crippen LogP contribution is -2.11. The Labute approximate surface area is 96.9 Å². The van der Waals surface area contributed by atoms with Crippen LogP contribution in [0.5, 0.6) is 0 Å². The van der Waals surface area contributed by atoms with Crippen molar-refractivity contribution in [3.05, 3.63) is 41.2 Å². The third-order valence-electron chi connectivity index (χ3n) is 2.39.